The number of rotatable bonds is 5. The van der Waals surface area contributed by atoms with Gasteiger partial charge in [-0.3, -0.25) is 9.59 Å². The van der Waals surface area contributed by atoms with E-state index in [0.29, 0.717) is 47.4 Å². The second-order valence-electron chi connectivity index (χ2n) is 9.64. The molecule has 1 aliphatic heterocycles. The maximum atomic E-state index is 13.8. The van der Waals surface area contributed by atoms with Gasteiger partial charge in [0, 0.05) is 43.1 Å². The van der Waals surface area contributed by atoms with Gasteiger partial charge in [0.2, 0.25) is 0 Å². The van der Waals surface area contributed by atoms with Crippen molar-refractivity contribution < 1.29 is 14.3 Å². The minimum absolute atomic E-state index is 0.0465. The van der Waals surface area contributed by atoms with Gasteiger partial charge < -0.3 is 19.1 Å². The van der Waals surface area contributed by atoms with Crippen molar-refractivity contribution in [1.29, 1.82) is 0 Å². The Morgan fingerprint density at radius 2 is 1.36 bits per heavy atom. The zero-order valence-electron chi connectivity index (χ0n) is 22.1. The highest BCUT2D eigenvalue weighted by atomic mass is 35.5. The van der Waals surface area contributed by atoms with Crippen molar-refractivity contribution in [3.63, 3.8) is 0 Å². The molecule has 4 aromatic rings. The molecule has 8 heteroatoms. The van der Waals surface area contributed by atoms with Crippen LogP contribution in [0.3, 0.4) is 0 Å². The molecule has 0 bridgehead atoms. The van der Waals surface area contributed by atoms with Crippen molar-refractivity contribution >= 4 is 35.0 Å². The molecule has 5 rings (SSSR count). The third-order valence-corrected chi connectivity index (χ3v) is 7.92. The number of hydrogen-bond donors (Lipinski definition) is 0. The van der Waals surface area contributed by atoms with E-state index >= 15 is 0 Å². The van der Waals surface area contributed by atoms with Gasteiger partial charge in [0.15, 0.2) is 0 Å². The molecular formula is C31H29Cl2N3O3. The highest BCUT2D eigenvalue weighted by Gasteiger charge is 2.28. The van der Waals surface area contributed by atoms with Crippen molar-refractivity contribution in [2.75, 3.05) is 33.3 Å². The largest absolute Gasteiger partial charge is 0.497 e. The third kappa shape index (κ3) is 5.40. The zero-order valence-corrected chi connectivity index (χ0v) is 23.6. The van der Waals surface area contributed by atoms with Gasteiger partial charge >= 0.3 is 0 Å². The smallest absolute Gasteiger partial charge is 0.255 e. The Hall–Kier alpha value is -3.74. The molecule has 2 heterocycles. The van der Waals surface area contributed by atoms with E-state index in [1.54, 1.807) is 30.2 Å². The minimum Gasteiger partial charge on any atom is -0.497 e. The van der Waals surface area contributed by atoms with Crippen molar-refractivity contribution in [3.05, 3.63) is 105 Å². The van der Waals surface area contributed by atoms with Crippen LogP contribution in [-0.2, 0) is 0 Å². The fourth-order valence-electron chi connectivity index (χ4n) is 4.92. The molecule has 0 saturated carbocycles. The molecule has 39 heavy (non-hydrogen) atoms. The van der Waals surface area contributed by atoms with Crippen LogP contribution >= 0.6 is 23.2 Å². The number of methoxy groups -OCH3 is 1. The van der Waals surface area contributed by atoms with E-state index in [9.17, 15) is 9.59 Å². The molecule has 6 nitrogen and oxygen atoms in total. The zero-order chi connectivity index (χ0) is 27.7. The molecule has 1 aliphatic rings. The van der Waals surface area contributed by atoms with Gasteiger partial charge in [-0.05, 0) is 80.1 Å². The number of piperazine rings is 1. The molecular weight excluding hydrogens is 533 g/mol. The van der Waals surface area contributed by atoms with Crippen molar-refractivity contribution in [3.8, 4) is 22.7 Å². The van der Waals surface area contributed by atoms with E-state index in [0.717, 1.165) is 28.4 Å². The van der Waals surface area contributed by atoms with Crippen LogP contribution < -0.4 is 4.74 Å². The highest BCUT2D eigenvalue weighted by molar-refractivity contribution is 6.42. The lowest BCUT2D eigenvalue weighted by atomic mass is 10.1. The third-order valence-electron chi connectivity index (χ3n) is 7.18. The molecule has 0 unspecified atom stereocenters. The van der Waals surface area contributed by atoms with Crippen LogP contribution in [0.1, 0.15) is 32.0 Å². The number of amides is 2. The number of aryl methyl sites for hydroxylation is 1. The lowest BCUT2D eigenvalue weighted by molar-refractivity contribution is 0.0535. The van der Waals surface area contributed by atoms with Gasteiger partial charge in [0.05, 0.1) is 28.4 Å². The van der Waals surface area contributed by atoms with E-state index in [-0.39, 0.29) is 11.8 Å². The number of carbonyl (C=O) groups excluding carboxylic acids is 2. The van der Waals surface area contributed by atoms with E-state index in [1.807, 2.05) is 42.2 Å². The number of aromatic nitrogens is 1. The summed E-state index contributed by atoms with van der Waals surface area (Å²) < 4.78 is 7.46. The molecule has 2 amide bonds. The highest BCUT2D eigenvalue weighted by Crippen LogP contribution is 2.32. The van der Waals surface area contributed by atoms with Crippen LogP contribution in [0.15, 0.2) is 72.8 Å². The molecule has 0 spiro atoms. The molecule has 0 radical (unpaired) electrons. The van der Waals surface area contributed by atoms with E-state index in [2.05, 4.69) is 35.8 Å². The summed E-state index contributed by atoms with van der Waals surface area (Å²) in [4.78, 5) is 30.4. The number of benzene rings is 3. The fourth-order valence-corrected chi connectivity index (χ4v) is 5.22. The van der Waals surface area contributed by atoms with Crippen molar-refractivity contribution in [2.45, 2.75) is 13.8 Å². The predicted octanol–water partition coefficient (Wildman–Crippen LogP) is 6.67. The Kier molecular flexibility index (Phi) is 7.69. The summed E-state index contributed by atoms with van der Waals surface area (Å²) in [5, 5.41) is 0.753. The van der Waals surface area contributed by atoms with Gasteiger partial charge in [0.1, 0.15) is 5.75 Å². The van der Waals surface area contributed by atoms with Crippen LogP contribution in [0.2, 0.25) is 10.0 Å². The second-order valence-corrected chi connectivity index (χ2v) is 10.5. The Balaban J connectivity index is 1.41. The van der Waals surface area contributed by atoms with Crippen LogP contribution in [0.25, 0.3) is 16.9 Å². The summed E-state index contributed by atoms with van der Waals surface area (Å²) in [6, 6.07) is 23.0. The second kappa shape index (κ2) is 11.2. The minimum atomic E-state index is -0.121. The molecule has 1 saturated heterocycles. The molecule has 3 aromatic carbocycles. The van der Waals surface area contributed by atoms with Crippen LogP contribution in [0.5, 0.6) is 5.75 Å². The maximum absolute atomic E-state index is 13.8. The Bertz CT molecular complexity index is 1520. The lowest BCUT2D eigenvalue weighted by Crippen LogP contribution is -2.50. The molecule has 0 N–H and O–H groups in total. The quantitative estimate of drug-likeness (QED) is 0.273. The first-order chi connectivity index (χ1) is 18.8. The average molecular weight is 562 g/mol. The maximum Gasteiger partial charge on any atom is 0.255 e. The standard InChI is InChI=1S/C31H29Cl2N3O3/c1-20-4-9-24(10-5-20)36-21(2)26(19-29(36)22-6-11-25(39-3)12-7-22)31(38)35-16-14-34(15-17-35)30(37)23-8-13-27(32)28(33)18-23/h4-13,18-19H,14-17H2,1-3H3. The Morgan fingerprint density at radius 1 is 0.744 bits per heavy atom. The first-order valence-corrected chi connectivity index (χ1v) is 13.5. The van der Waals surface area contributed by atoms with E-state index in [1.165, 1.54) is 5.56 Å². The number of hydrogen-bond acceptors (Lipinski definition) is 3. The summed E-state index contributed by atoms with van der Waals surface area (Å²) in [6.07, 6.45) is 0. The number of carbonyl (C=O) groups is 2. The van der Waals surface area contributed by atoms with Gasteiger partial charge in [-0.25, -0.2) is 0 Å². The van der Waals surface area contributed by atoms with Gasteiger partial charge in [0.25, 0.3) is 11.8 Å². The number of halogens is 2. The fraction of sp³-hybridized carbons (Fsp3) is 0.226. The molecule has 1 aromatic heterocycles. The van der Waals surface area contributed by atoms with Gasteiger partial charge in [-0.15, -0.1) is 0 Å². The normalized spacial score (nSPS) is 13.5. The number of ether oxygens (including phenoxy) is 1. The summed E-state index contributed by atoms with van der Waals surface area (Å²) in [5.41, 5.74) is 6.06. The Labute approximate surface area is 238 Å². The first kappa shape index (κ1) is 26.9. The predicted molar refractivity (Wildman–Crippen MR) is 155 cm³/mol. The van der Waals surface area contributed by atoms with Gasteiger partial charge in [-0.2, -0.15) is 0 Å². The Morgan fingerprint density at radius 3 is 1.95 bits per heavy atom. The SMILES string of the molecule is COc1ccc(-c2cc(C(=O)N3CCN(C(=O)c4ccc(Cl)c(Cl)c4)CC3)c(C)n2-c2ccc(C)cc2)cc1. The summed E-state index contributed by atoms with van der Waals surface area (Å²) >= 11 is 12.1. The lowest BCUT2D eigenvalue weighted by Gasteiger charge is -2.35. The average Bonchev–Trinajstić information content (AvgIpc) is 3.31. The summed E-state index contributed by atoms with van der Waals surface area (Å²) in [6.45, 7) is 5.79. The molecule has 0 aliphatic carbocycles. The van der Waals surface area contributed by atoms with E-state index < -0.39 is 0 Å². The number of nitrogens with zero attached hydrogens (tertiary/aromatic N) is 3. The van der Waals surface area contributed by atoms with E-state index in [4.69, 9.17) is 27.9 Å². The molecule has 1 fully saturated rings. The summed E-state index contributed by atoms with van der Waals surface area (Å²) in [5.74, 6) is 0.604. The monoisotopic (exact) mass is 561 g/mol. The van der Waals surface area contributed by atoms with Crippen LogP contribution in [0.4, 0.5) is 0 Å². The van der Waals surface area contributed by atoms with Crippen LogP contribution in [-0.4, -0.2) is 59.5 Å². The molecule has 0 atom stereocenters. The first-order valence-electron chi connectivity index (χ1n) is 12.7. The topological polar surface area (TPSA) is 54.8 Å². The van der Waals surface area contributed by atoms with Gasteiger partial charge in [-0.1, -0.05) is 40.9 Å². The molecule has 200 valence electrons. The van der Waals surface area contributed by atoms with Crippen molar-refractivity contribution in [1.82, 2.24) is 14.4 Å². The van der Waals surface area contributed by atoms with Crippen LogP contribution in [0, 0.1) is 13.8 Å². The van der Waals surface area contributed by atoms with Crippen molar-refractivity contribution in [2.24, 2.45) is 0 Å². The summed E-state index contributed by atoms with van der Waals surface area (Å²) in [7, 11) is 1.64.